The fourth-order valence-corrected chi connectivity index (χ4v) is 1.88. The zero-order valence-corrected chi connectivity index (χ0v) is 11.2. The van der Waals surface area contributed by atoms with Crippen LogP contribution in [0.2, 0.25) is 0 Å². The molecular formula is C13H15ClN4O. The molecule has 1 N–H and O–H groups in total. The summed E-state index contributed by atoms with van der Waals surface area (Å²) in [4.78, 5) is 19.8. The van der Waals surface area contributed by atoms with Gasteiger partial charge in [0.25, 0.3) is 0 Å². The van der Waals surface area contributed by atoms with E-state index in [0.29, 0.717) is 25.4 Å². The van der Waals surface area contributed by atoms with Gasteiger partial charge in [-0.2, -0.15) is 0 Å². The molecule has 0 saturated heterocycles. The summed E-state index contributed by atoms with van der Waals surface area (Å²) in [6, 6.07) is 5.69. The number of halogens is 1. The van der Waals surface area contributed by atoms with Crippen LogP contribution in [-0.2, 0) is 11.3 Å². The maximum absolute atomic E-state index is 11.3. The third-order valence-corrected chi connectivity index (χ3v) is 2.79. The minimum absolute atomic E-state index is 0.0329. The summed E-state index contributed by atoms with van der Waals surface area (Å²) in [6.07, 6.45) is 5.68. The predicted molar refractivity (Wildman–Crippen MR) is 73.8 cm³/mol. The van der Waals surface area contributed by atoms with Crippen LogP contribution in [0.15, 0.2) is 36.8 Å². The molecule has 0 fully saturated rings. The van der Waals surface area contributed by atoms with E-state index in [9.17, 15) is 4.79 Å². The third kappa shape index (κ3) is 3.79. The SMILES string of the molecule is O=C(CCCl)NCCn1ccnc1-c1ccccn1. The molecule has 6 heteroatoms. The van der Waals surface area contributed by atoms with Crippen molar-refractivity contribution in [2.75, 3.05) is 12.4 Å². The number of aromatic nitrogens is 3. The zero-order valence-electron chi connectivity index (χ0n) is 10.4. The van der Waals surface area contributed by atoms with E-state index >= 15 is 0 Å². The number of amides is 1. The highest BCUT2D eigenvalue weighted by Gasteiger charge is 2.06. The monoisotopic (exact) mass is 278 g/mol. The topological polar surface area (TPSA) is 59.8 Å². The van der Waals surface area contributed by atoms with Gasteiger partial charge < -0.3 is 9.88 Å². The highest BCUT2D eigenvalue weighted by Crippen LogP contribution is 2.13. The van der Waals surface area contributed by atoms with Gasteiger partial charge in [-0.05, 0) is 12.1 Å². The van der Waals surface area contributed by atoms with Gasteiger partial charge in [0.2, 0.25) is 5.91 Å². The standard InChI is InChI=1S/C13H15ClN4O/c14-5-4-12(19)16-7-9-18-10-8-17-13(18)11-3-1-2-6-15-11/h1-3,6,8,10H,4-5,7,9H2,(H,16,19). The number of rotatable bonds is 6. The van der Waals surface area contributed by atoms with E-state index in [1.165, 1.54) is 0 Å². The Bertz CT molecular complexity index is 526. The van der Waals surface area contributed by atoms with Crippen LogP contribution in [0.4, 0.5) is 0 Å². The predicted octanol–water partition coefficient (Wildman–Crippen LogP) is 1.69. The molecule has 0 bridgehead atoms. The number of carbonyl (C=O) groups excluding carboxylic acids is 1. The van der Waals surface area contributed by atoms with Gasteiger partial charge in [-0.25, -0.2) is 4.98 Å². The molecule has 5 nitrogen and oxygen atoms in total. The Kier molecular flexibility index (Phi) is 4.92. The fourth-order valence-electron chi connectivity index (χ4n) is 1.71. The molecule has 0 saturated carbocycles. The van der Waals surface area contributed by atoms with Crippen LogP contribution in [0.5, 0.6) is 0 Å². The van der Waals surface area contributed by atoms with Crippen LogP contribution in [0.25, 0.3) is 11.5 Å². The van der Waals surface area contributed by atoms with E-state index < -0.39 is 0 Å². The Morgan fingerprint density at radius 1 is 1.32 bits per heavy atom. The van der Waals surface area contributed by atoms with Crippen molar-refractivity contribution in [3.63, 3.8) is 0 Å². The van der Waals surface area contributed by atoms with Gasteiger partial charge in [-0.3, -0.25) is 9.78 Å². The summed E-state index contributed by atoms with van der Waals surface area (Å²) in [6.45, 7) is 1.20. The minimum Gasteiger partial charge on any atom is -0.354 e. The van der Waals surface area contributed by atoms with Gasteiger partial charge in [-0.1, -0.05) is 6.07 Å². The van der Waals surface area contributed by atoms with Crippen molar-refractivity contribution in [3.8, 4) is 11.5 Å². The van der Waals surface area contributed by atoms with Crippen LogP contribution in [0.3, 0.4) is 0 Å². The number of hydrogen-bond acceptors (Lipinski definition) is 3. The lowest BCUT2D eigenvalue weighted by Crippen LogP contribution is -2.27. The first-order valence-corrected chi connectivity index (χ1v) is 6.60. The van der Waals surface area contributed by atoms with Crippen LogP contribution >= 0.6 is 11.6 Å². The largest absolute Gasteiger partial charge is 0.354 e. The van der Waals surface area contributed by atoms with Crippen molar-refractivity contribution in [2.45, 2.75) is 13.0 Å². The summed E-state index contributed by atoms with van der Waals surface area (Å²) in [7, 11) is 0. The number of nitrogens with zero attached hydrogens (tertiary/aromatic N) is 3. The molecule has 100 valence electrons. The number of nitrogens with one attached hydrogen (secondary N) is 1. The lowest BCUT2D eigenvalue weighted by molar-refractivity contribution is -0.120. The Morgan fingerprint density at radius 2 is 2.21 bits per heavy atom. The average molecular weight is 279 g/mol. The molecule has 19 heavy (non-hydrogen) atoms. The summed E-state index contributed by atoms with van der Waals surface area (Å²) in [5, 5.41) is 2.81. The molecule has 0 aliphatic heterocycles. The number of alkyl halides is 1. The van der Waals surface area contributed by atoms with Gasteiger partial charge in [0, 0.05) is 44.0 Å². The zero-order chi connectivity index (χ0) is 13.5. The van der Waals surface area contributed by atoms with Gasteiger partial charge in [0.15, 0.2) is 5.82 Å². The number of pyridine rings is 1. The molecule has 1 amide bonds. The van der Waals surface area contributed by atoms with Gasteiger partial charge in [-0.15, -0.1) is 11.6 Å². The maximum atomic E-state index is 11.3. The van der Waals surface area contributed by atoms with Crippen LogP contribution in [0.1, 0.15) is 6.42 Å². The second-order valence-electron chi connectivity index (χ2n) is 3.95. The molecule has 2 aromatic heterocycles. The minimum atomic E-state index is -0.0329. The molecule has 0 unspecified atom stereocenters. The second kappa shape index (κ2) is 6.89. The van der Waals surface area contributed by atoms with E-state index in [4.69, 9.17) is 11.6 Å². The number of hydrogen-bond donors (Lipinski definition) is 1. The molecule has 0 atom stereocenters. The molecular weight excluding hydrogens is 264 g/mol. The van der Waals surface area contributed by atoms with Crippen molar-refractivity contribution in [1.29, 1.82) is 0 Å². The summed E-state index contributed by atoms with van der Waals surface area (Å²) in [5.74, 6) is 1.11. The van der Waals surface area contributed by atoms with Crippen molar-refractivity contribution < 1.29 is 4.79 Å². The first kappa shape index (κ1) is 13.5. The summed E-state index contributed by atoms with van der Waals surface area (Å²) >= 11 is 5.50. The first-order chi connectivity index (χ1) is 9.31. The Morgan fingerprint density at radius 3 is 2.95 bits per heavy atom. The van der Waals surface area contributed by atoms with Crippen molar-refractivity contribution in [1.82, 2.24) is 19.9 Å². The average Bonchev–Trinajstić information content (AvgIpc) is 2.88. The quantitative estimate of drug-likeness (QED) is 0.818. The van der Waals surface area contributed by atoms with Crippen molar-refractivity contribution in [2.24, 2.45) is 0 Å². The van der Waals surface area contributed by atoms with E-state index in [2.05, 4.69) is 15.3 Å². The van der Waals surface area contributed by atoms with E-state index in [1.54, 1.807) is 12.4 Å². The highest BCUT2D eigenvalue weighted by atomic mass is 35.5. The lowest BCUT2D eigenvalue weighted by Gasteiger charge is -2.08. The summed E-state index contributed by atoms with van der Waals surface area (Å²) < 4.78 is 1.96. The van der Waals surface area contributed by atoms with E-state index in [1.807, 2.05) is 29.0 Å². The first-order valence-electron chi connectivity index (χ1n) is 6.06. The molecule has 2 rings (SSSR count). The molecule has 2 aromatic rings. The van der Waals surface area contributed by atoms with Crippen LogP contribution in [0, 0.1) is 0 Å². The Balaban J connectivity index is 1.95. The number of imidazole rings is 1. The van der Waals surface area contributed by atoms with Gasteiger partial charge >= 0.3 is 0 Å². The van der Waals surface area contributed by atoms with Gasteiger partial charge in [0.1, 0.15) is 5.69 Å². The maximum Gasteiger partial charge on any atom is 0.221 e. The Labute approximate surface area is 116 Å². The summed E-state index contributed by atoms with van der Waals surface area (Å²) in [5.41, 5.74) is 0.819. The molecule has 0 aliphatic rings. The molecule has 0 aromatic carbocycles. The second-order valence-corrected chi connectivity index (χ2v) is 4.33. The normalized spacial score (nSPS) is 10.4. The molecule has 0 spiro atoms. The Hall–Kier alpha value is -1.88. The molecule has 0 aliphatic carbocycles. The van der Waals surface area contributed by atoms with E-state index in [0.717, 1.165) is 11.5 Å². The van der Waals surface area contributed by atoms with E-state index in [-0.39, 0.29) is 5.91 Å². The smallest absolute Gasteiger partial charge is 0.221 e. The van der Waals surface area contributed by atoms with Crippen molar-refractivity contribution in [3.05, 3.63) is 36.8 Å². The van der Waals surface area contributed by atoms with Crippen LogP contribution < -0.4 is 5.32 Å². The third-order valence-electron chi connectivity index (χ3n) is 2.61. The van der Waals surface area contributed by atoms with Crippen molar-refractivity contribution >= 4 is 17.5 Å². The fraction of sp³-hybridized carbons (Fsp3) is 0.308. The van der Waals surface area contributed by atoms with Crippen LogP contribution in [-0.4, -0.2) is 32.9 Å². The number of carbonyl (C=O) groups is 1. The highest BCUT2D eigenvalue weighted by molar-refractivity contribution is 6.18. The molecule has 0 radical (unpaired) electrons. The lowest BCUT2D eigenvalue weighted by atomic mass is 10.3. The van der Waals surface area contributed by atoms with Gasteiger partial charge in [0.05, 0.1) is 0 Å². The molecule has 2 heterocycles.